The Bertz CT molecular complexity index is 725. The zero-order valence-electron chi connectivity index (χ0n) is 18.3. The molecule has 0 bridgehead atoms. The molecular formula is C23H35N2O2Si. The first-order valence-electron chi connectivity index (χ1n) is 10.3. The van der Waals surface area contributed by atoms with Crippen molar-refractivity contribution in [1.82, 2.24) is 0 Å². The number of allylic oxidation sites excluding steroid dienone is 1. The molecule has 0 unspecified atom stereocenters. The van der Waals surface area contributed by atoms with Gasteiger partial charge in [-0.25, -0.2) is 9.98 Å². The molecule has 0 aliphatic carbocycles. The third-order valence-electron chi connectivity index (χ3n) is 4.81. The zero-order chi connectivity index (χ0) is 20.7. The molecule has 0 spiro atoms. The summed E-state index contributed by atoms with van der Waals surface area (Å²) in [5.74, 6) is 1.80. The minimum atomic E-state index is -0.603. The second-order valence-electron chi connectivity index (χ2n) is 7.69. The van der Waals surface area contributed by atoms with Crippen molar-refractivity contribution >= 4 is 25.8 Å². The lowest BCUT2D eigenvalue weighted by atomic mass is 9.99. The smallest absolute Gasteiger partial charge is 0.210 e. The predicted molar refractivity (Wildman–Crippen MR) is 122 cm³/mol. The van der Waals surface area contributed by atoms with E-state index in [4.69, 9.17) is 19.5 Å². The van der Waals surface area contributed by atoms with Gasteiger partial charge in [-0.05, 0) is 37.3 Å². The van der Waals surface area contributed by atoms with Gasteiger partial charge in [0.2, 0.25) is 11.8 Å². The summed E-state index contributed by atoms with van der Waals surface area (Å²) in [4.78, 5) is 9.87. The number of benzene rings is 1. The monoisotopic (exact) mass is 399 g/mol. The second kappa shape index (κ2) is 10.6. The number of rotatable bonds is 8. The van der Waals surface area contributed by atoms with E-state index in [9.17, 15) is 0 Å². The van der Waals surface area contributed by atoms with Crippen LogP contribution in [0.3, 0.4) is 0 Å². The topological polar surface area (TPSA) is 43.2 Å². The average molecular weight is 400 g/mol. The minimum Gasteiger partial charge on any atom is -0.480 e. The highest BCUT2D eigenvalue weighted by Gasteiger charge is 2.32. The first-order valence-corrected chi connectivity index (χ1v) is 12.8. The van der Waals surface area contributed by atoms with Crippen molar-refractivity contribution in [1.29, 1.82) is 0 Å². The summed E-state index contributed by atoms with van der Waals surface area (Å²) in [7, 11) is -0.603. The van der Waals surface area contributed by atoms with Crippen LogP contribution in [0.1, 0.15) is 38.8 Å². The molecule has 0 saturated heterocycles. The fraction of sp³-hybridized carbons (Fsp3) is 0.565. The van der Waals surface area contributed by atoms with E-state index in [0.717, 1.165) is 24.6 Å². The van der Waals surface area contributed by atoms with E-state index in [2.05, 4.69) is 51.7 Å². The van der Waals surface area contributed by atoms with Gasteiger partial charge in [0.1, 0.15) is 12.1 Å². The van der Waals surface area contributed by atoms with Crippen LogP contribution in [0, 0.1) is 5.92 Å². The Morgan fingerprint density at radius 2 is 1.79 bits per heavy atom. The van der Waals surface area contributed by atoms with Crippen LogP contribution in [-0.4, -0.2) is 45.9 Å². The molecule has 1 aromatic carbocycles. The van der Waals surface area contributed by atoms with E-state index in [0.29, 0.717) is 19.1 Å². The second-order valence-corrected chi connectivity index (χ2v) is 10.2. The molecule has 0 N–H and O–H groups in total. The molecule has 153 valence electrons. The van der Waals surface area contributed by atoms with Crippen LogP contribution in [-0.2, 0) is 22.3 Å². The fourth-order valence-electron chi connectivity index (χ4n) is 3.45. The Labute approximate surface area is 172 Å². The van der Waals surface area contributed by atoms with Gasteiger partial charge in [-0.15, -0.1) is 6.58 Å². The first-order chi connectivity index (χ1) is 13.4. The standard InChI is InChI=1S/C23H35N2O2Si/c1-8-11-17-12-13-18(20(14-17)28(6)7)15-19-22(26-9-2)25-21(16(4)5)23(24-19)27-10-3/h8,12-14,16,19,21H,1,9-11,15H2,2-7H3/t19-,21+/m0/s1. The highest BCUT2D eigenvalue weighted by molar-refractivity contribution is 6.71. The summed E-state index contributed by atoms with van der Waals surface area (Å²) in [6.07, 6.45) is 3.65. The van der Waals surface area contributed by atoms with E-state index >= 15 is 0 Å². The number of hydrogen-bond donors (Lipinski definition) is 0. The Morgan fingerprint density at radius 1 is 1.11 bits per heavy atom. The van der Waals surface area contributed by atoms with E-state index in [1.165, 1.54) is 16.3 Å². The van der Waals surface area contributed by atoms with Crippen LogP contribution in [0.5, 0.6) is 0 Å². The van der Waals surface area contributed by atoms with Gasteiger partial charge in [0, 0.05) is 6.42 Å². The number of ether oxygens (including phenoxy) is 2. The zero-order valence-corrected chi connectivity index (χ0v) is 19.3. The van der Waals surface area contributed by atoms with Gasteiger partial charge in [0.15, 0.2) is 0 Å². The van der Waals surface area contributed by atoms with Crippen LogP contribution in [0.2, 0.25) is 13.1 Å². The maximum atomic E-state index is 5.92. The van der Waals surface area contributed by atoms with Gasteiger partial charge in [-0.3, -0.25) is 0 Å². The van der Waals surface area contributed by atoms with Gasteiger partial charge in [0.05, 0.1) is 22.0 Å². The van der Waals surface area contributed by atoms with Crippen molar-refractivity contribution in [3.05, 3.63) is 42.0 Å². The van der Waals surface area contributed by atoms with Crippen molar-refractivity contribution in [3.8, 4) is 0 Å². The fourth-order valence-corrected chi connectivity index (χ4v) is 4.75. The molecule has 1 aliphatic heterocycles. The Balaban J connectivity index is 2.38. The van der Waals surface area contributed by atoms with E-state index in [1.807, 2.05) is 19.9 Å². The summed E-state index contributed by atoms with van der Waals surface area (Å²) < 4.78 is 11.8. The number of nitrogens with zero attached hydrogens (tertiary/aromatic N) is 2. The molecular weight excluding hydrogens is 364 g/mol. The van der Waals surface area contributed by atoms with Crippen molar-refractivity contribution in [2.45, 2.75) is 65.7 Å². The summed E-state index contributed by atoms with van der Waals surface area (Å²) in [5.41, 5.74) is 2.66. The summed E-state index contributed by atoms with van der Waals surface area (Å²) in [6, 6.07) is 6.61. The Morgan fingerprint density at radius 3 is 2.36 bits per heavy atom. The third-order valence-corrected chi connectivity index (χ3v) is 6.35. The number of hydrogen-bond acceptors (Lipinski definition) is 4. The van der Waals surface area contributed by atoms with Crippen molar-refractivity contribution < 1.29 is 9.47 Å². The molecule has 1 heterocycles. The third kappa shape index (κ3) is 5.57. The van der Waals surface area contributed by atoms with Crippen LogP contribution < -0.4 is 5.19 Å². The normalized spacial score (nSPS) is 19.4. The van der Waals surface area contributed by atoms with Gasteiger partial charge in [-0.1, -0.05) is 56.4 Å². The molecule has 4 nitrogen and oxygen atoms in total. The highest BCUT2D eigenvalue weighted by Crippen LogP contribution is 2.21. The predicted octanol–water partition coefficient (Wildman–Crippen LogP) is 4.20. The van der Waals surface area contributed by atoms with Crippen molar-refractivity contribution in [3.63, 3.8) is 0 Å². The van der Waals surface area contributed by atoms with Crippen LogP contribution in [0.25, 0.3) is 0 Å². The molecule has 0 aromatic heterocycles. The molecule has 0 amide bonds. The molecule has 1 aromatic rings. The minimum absolute atomic E-state index is 0.0656. The molecule has 5 heteroatoms. The van der Waals surface area contributed by atoms with E-state index in [1.54, 1.807) is 0 Å². The maximum Gasteiger partial charge on any atom is 0.210 e. The van der Waals surface area contributed by atoms with Gasteiger partial charge >= 0.3 is 0 Å². The summed E-state index contributed by atoms with van der Waals surface area (Å²) in [5, 5.41) is 1.46. The first kappa shape index (κ1) is 22.4. The number of aliphatic imine (C=N–C) groups is 2. The van der Waals surface area contributed by atoms with Crippen LogP contribution >= 0.6 is 0 Å². The molecule has 2 atom stereocenters. The highest BCUT2D eigenvalue weighted by atomic mass is 28.3. The molecule has 0 fully saturated rings. The van der Waals surface area contributed by atoms with Gasteiger partial charge < -0.3 is 9.47 Å². The quantitative estimate of drug-likeness (QED) is 0.486. The lowest BCUT2D eigenvalue weighted by molar-refractivity contribution is 0.276. The SMILES string of the molecule is C=CCc1ccc(C[C@@H]2N=C(OCC)[C@@H](C(C)C)N=C2OCC)c([Si](C)C)c1. The van der Waals surface area contributed by atoms with Gasteiger partial charge in [-0.2, -0.15) is 0 Å². The van der Waals surface area contributed by atoms with Crippen molar-refractivity contribution in [2.75, 3.05) is 13.2 Å². The Hall–Kier alpha value is -1.88. The van der Waals surface area contributed by atoms with Crippen molar-refractivity contribution in [2.24, 2.45) is 15.9 Å². The van der Waals surface area contributed by atoms with Gasteiger partial charge in [0.25, 0.3) is 0 Å². The van der Waals surface area contributed by atoms with E-state index in [-0.39, 0.29) is 12.1 Å². The molecule has 1 radical (unpaired) electrons. The van der Waals surface area contributed by atoms with Crippen LogP contribution in [0.4, 0.5) is 0 Å². The molecule has 1 aliphatic rings. The van der Waals surface area contributed by atoms with E-state index < -0.39 is 8.80 Å². The lowest BCUT2D eigenvalue weighted by Gasteiger charge is -2.28. The lowest BCUT2D eigenvalue weighted by Crippen LogP contribution is -2.40. The largest absolute Gasteiger partial charge is 0.480 e. The summed E-state index contributed by atoms with van der Waals surface area (Å²) >= 11 is 0. The molecule has 0 saturated carbocycles. The maximum absolute atomic E-state index is 5.92. The summed E-state index contributed by atoms with van der Waals surface area (Å²) in [6.45, 7) is 18.0. The van der Waals surface area contributed by atoms with Crippen LogP contribution in [0.15, 0.2) is 40.8 Å². The average Bonchev–Trinajstić information content (AvgIpc) is 2.65. The molecule has 28 heavy (non-hydrogen) atoms. The Kier molecular flexibility index (Phi) is 8.49. The molecule has 2 rings (SSSR count).